The van der Waals surface area contributed by atoms with Gasteiger partial charge in [0.2, 0.25) is 10.0 Å². The normalized spacial score (nSPS) is 14.6. The number of hydrogen-bond acceptors (Lipinski definition) is 5. The van der Waals surface area contributed by atoms with E-state index in [-0.39, 0.29) is 33.0 Å². The molecule has 150 valence electrons. The summed E-state index contributed by atoms with van der Waals surface area (Å²) in [5.74, 6) is -0.464. The van der Waals surface area contributed by atoms with Gasteiger partial charge in [0, 0.05) is 24.4 Å². The molecule has 3 rings (SSSR count). The summed E-state index contributed by atoms with van der Waals surface area (Å²) in [4.78, 5) is 12.4. The van der Waals surface area contributed by atoms with Crippen LogP contribution in [-0.4, -0.2) is 35.0 Å². The molecule has 0 heterocycles. The Morgan fingerprint density at radius 3 is 2.29 bits per heavy atom. The summed E-state index contributed by atoms with van der Waals surface area (Å²) in [5, 5.41) is 2.72. The van der Waals surface area contributed by atoms with Crippen molar-refractivity contribution in [2.45, 2.75) is 35.2 Å². The molecule has 0 aromatic heterocycles. The van der Waals surface area contributed by atoms with E-state index in [0.717, 1.165) is 19.1 Å². The van der Waals surface area contributed by atoms with Crippen LogP contribution >= 0.6 is 11.6 Å². The highest BCUT2D eigenvalue weighted by molar-refractivity contribution is 7.90. The van der Waals surface area contributed by atoms with Gasteiger partial charge in [0.1, 0.15) is 0 Å². The first kappa shape index (κ1) is 20.8. The van der Waals surface area contributed by atoms with Gasteiger partial charge in [0.25, 0.3) is 5.91 Å². The maximum atomic E-state index is 12.3. The molecule has 1 fully saturated rings. The molecule has 28 heavy (non-hydrogen) atoms. The molecule has 0 atom stereocenters. The predicted molar refractivity (Wildman–Crippen MR) is 106 cm³/mol. The number of rotatable bonds is 7. The summed E-state index contributed by atoms with van der Waals surface area (Å²) in [6, 6.07) is 10.3. The second kappa shape index (κ2) is 7.82. The Morgan fingerprint density at radius 2 is 1.71 bits per heavy atom. The molecule has 10 heteroatoms. The molecule has 1 amide bonds. The summed E-state index contributed by atoms with van der Waals surface area (Å²) in [6.45, 7) is 0.159. The van der Waals surface area contributed by atoms with E-state index >= 15 is 0 Å². The van der Waals surface area contributed by atoms with Crippen LogP contribution in [0.3, 0.4) is 0 Å². The lowest BCUT2D eigenvalue weighted by Crippen LogP contribution is -2.26. The van der Waals surface area contributed by atoms with Gasteiger partial charge in [-0.15, -0.1) is 0 Å². The molecule has 0 spiro atoms. The summed E-state index contributed by atoms with van der Waals surface area (Å²) in [5.41, 5.74) is 0.869. The van der Waals surface area contributed by atoms with Gasteiger partial charge in [-0.1, -0.05) is 23.7 Å². The third kappa shape index (κ3) is 5.11. The fourth-order valence-corrected chi connectivity index (χ4v) is 5.09. The Balaban J connectivity index is 1.66. The number of carbonyl (C=O) groups is 1. The highest BCUT2D eigenvalue weighted by Crippen LogP contribution is 2.23. The van der Waals surface area contributed by atoms with Gasteiger partial charge in [-0.3, -0.25) is 4.79 Å². The summed E-state index contributed by atoms with van der Waals surface area (Å²) in [7, 11) is -7.07. The molecule has 2 aromatic rings. The molecular formula is C18H19ClN2O5S2. The van der Waals surface area contributed by atoms with Crippen molar-refractivity contribution < 1.29 is 21.6 Å². The fourth-order valence-electron chi connectivity index (χ4n) is 2.49. The second-order valence-corrected chi connectivity index (χ2v) is 10.7. The monoisotopic (exact) mass is 442 g/mol. The SMILES string of the molecule is CS(=O)(=O)c1cc(C(=O)NCc2ccc(S(=O)(=O)NC3CC3)cc2)ccc1Cl. The van der Waals surface area contributed by atoms with Crippen LogP contribution in [0.2, 0.25) is 5.02 Å². The minimum atomic E-state index is -3.55. The molecule has 2 N–H and O–H groups in total. The van der Waals surface area contributed by atoms with E-state index in [4.69, 9.17) is 11.6 Å². The molecule has 2 aromatic carbocycles. The van der Waals surface area contributed by atoms with Crippen molar-refractivity contribution in [3.63, 3.8) is 0 Å². The lowest BCUT2D eigenvalue weighted by atomic mass is 10.2. The average Bonchev–Trinajstić information content (AvgIpc) is 3.42. The van der Waals surface area contributed by atoms with Gasteiger partial charge in [-0.25, -0.2) is 21.6 Å². The molecule has 0 bridgehead atoms. The second-order valence-electron chi connectivity index (χ2n) is 6.64. The molecule has 1 aliphatic rings. The third-order valence-corrected chi connectivity index (χ3v) is 7.29. The van der Waals surface area contributed by atoms with Crippen molar-refractivity contribution >= 4 is 37.4 Å². The molecule has 7 nitrogen and oxygen atoms in total. The largest absolute Gasteiger partial charge is 0.348 e. The zero-order valence-electron chi connectivity index (χ0n) is 15.0. The van der Waals surface area contributed by atoms with Crippen molar-refractivity contribution in [3.8, 4) is 0 Å². The first-order chi connectivity index (χ1) is 13.1. The van der Waals surface area contributed by atoms with Crippen LogP contribution in [0, 0.1) is 0 Å². The van der Waals surface area contributed by atoms with Crippen LogP contribution < -0.4 is 10.0 Å². The topological polar surface area (TPSA) is 109 Å². The van der Waals surface area contributed by atoms with Crippen LogP contribution in [0.15, 0.2) is 52.3 Å². The lowest BCUT2D eigenvalue weighted by Gasteiger charge is -2.09. The Bertz CT molecular complexity index is 1110. The van der Waals surface area contributed by atoms with Crippen LogP contribution in [0.5, 0.6) is 0 Å². The first-order valence-electron chi connectivity index (χ1n) is 8.45. The number of amides is 1. The number of carbonyl (C=O) groups excluding carboxylic acids is 1. The van der Waals surface area contributed by atoms with Gasteiger partial charge < -0.3 is 5.32 Å². The fraction of sp³-hybridized carbons (Fsp3) is 0.278. The number of benzene rings is 2. The highest BCUT2D eigenvalue weighted by atomic mass is 35.5. The Morgan fingerprint density at radius 1 is 1.07 bits per heavy atom. The van der Waals surface area contributed by atoms with Gasteiger partial charge in [0.05, 0.1) is 14.8 Å². The van der Waals surface area contributed by atoms with Crippen molar-refractivity contribution in [1.82, 2.24) is 10.0 Å². The Labute approximate surface area is 169 Å². The zero-order valence-corrected chi connectivity index (χ0v) is 17.4. The van der Waals surface area contributed by atoms with E-state index in [0.29, 0.717) is 5.56 Å². The Kier molecular flexibility index (Phi) is 5.81. The molecule has 0 radical (unpaired) electrons. The average molecular weight is 443 g/mol. The minimum Gasteiger partial charge on any atom is -0.348 e. The van der Waals surface area contributed by atoms with Gasteiger partial charge >= 0.3 is 0 Å². The molecule has 0 unspecified atom stereocenters. The van der Waals surface area contributed by atoms with E-state index < -0.39 is 25.8 Å². The van der Waals surface area contributed by atoms with Crippen LogP contribution in [0.25, 0.3) is 0 Å². The summed E-state index contributed by atoms with van der Waals surface area (Å²) < 4.78 is 50.3. The van der Waals surface area contributed by atoms with Crippen molar-refractivity contribution in [2.75, 3.05) is 6.26 Å². The van der Waals surface area contributed by atoms with E-state index in [1.54, 1.807) is 12.1 Å². The van der Waals surface area contributed by atoms with Crippen molar-refractivity contribution in [3.05, 3.63) is 58.6 Å². The highest BCUT2D eigenvalue weighted by Gasteiger charge is 2.27. The van der Waals surface area contributed by atoms with E-state index in [2.05, 4.69) is 10.0 Å². The minimum absolute atomic E-state index is 0.0279. The first-order valence-corrected chi connectivity index (χ1v) is 12.2. The molecule has 0 aliphatic heterocycles. The van der Waals surface area contributed by atoms with Crippen molar-refractivity contribution in [2.24, 2.45) is 0 Å². The number of halogens is 1. The van der Waals surface area contributed by atoms with Gasteiger partial charge in [0.15, 0.2) is 9.84 Å². The van der Waals surface area contributed by atoms with E-state index in [9.17, 15) is 21.6 Å². The van der Waals surface area contributed by atoms with Gasteiger partial charge in [-0.05, 0) is 48.7 Å². The molecular weight excluding hydrogens is 424 g/mol. The molecule has 1 aliphatic carbocycles. The van der Waals surface area contributed by atoms with Gasteiger partial charge in [-0.2, -0.15) is 0 Å². The Hall–Kier alpha value is -1.94. The maximum absolute atomic E-state index is 12.3. The third-order valence-electron chi connectivity index (χ3n) is 4.18. The van der Waals surface area contributed by atoms with Crippen LogP contribution in [-0.2, 0) is 26.4 Å². The molecule has 1 saturated carbocycles. The van der Waals surface area contributed by atoms with E-state index in [1.165, 1.54) is 30.3 Å². The smallest absolute Gasteiger partial charge is 0.251 e. The number of nitrogens with one attached hydrogen (secondary N) is 2. The number of sulfonamides is 1. The maximum Gasteiger partial charge on any atom is 0.251 e. The zero-order chi connectivity index (χ0) is 20.5. The molecule has 0 saturated heterocycles. The quantitative estimate of drug-likeness (QED) is 0.682. The number of hydrogen-bond donors (Lipinski definition) is 2. The van der Waals surface area contributed by atoms with Crippen molar-refractivity contribution in [1.29, 1.82) is 0 Å². The number of sulfone groups is 1. The predicted octanol–water partition coefficient (Wildman–Crippen LogP) is 2.11. The summed E-state index contributed by atoms with van der Waals surface area (Å²) >= 11 is 5.88. The van der Waals surface area contributed by atoms with E-state index in [1.807, 2.05) is 0 Å². The van der Waals surface area contributed by atoms with Crippen LogP contribution in [0.1, 0.15) is 28.8 Å². The lowest BCUT2D eigenvalue weighted by molar-refractivity contribution is 0.0950. The van der Waals surface area contributed by atoms with Crippen LogP contribution in [0.4, 0.5) is 0 Å². The summed E-state index contributed by atoms with van der Waals surface area (Å²) in [6.07, 6.45) is 2.73. The standard InChI is InChI=1S/C18H19ClN2O5S2/c1-27(23,24)17-10-13(4-9-16(17)19)18(22)20-11-12-2-7-15(8-3-12)28(25,26)21-14-5-6-14/h2-4,7-10,14,21H,5-6,11H2,1H3,(H,20,22).